The van der Waals surface area contributed by atoms with Crippen molar-refractivity contribution < 1.29 is 23.1 Å². The van der Waals surface area contributed by atoms with Gasteiger partial charge in [0.25, 0.3) is 0 Å². The van der Waals surface area contributed by atoms with Gasteiger partial charge in [-0.3, -0.25) is 0 Å². The minimum atomic E-state index is -4.38. The normalized spacial score (nSPS) is 11.8. The van der Waals surface area contributed by atoms with Crippen LogP contribution in [0.5, 0.6) is 0 Å². The second-order valence-electron chi connectivity index (χ2n) is 5.04. The van der Waals surface area contributed by atoms with E-state index >= 15 is 0 Å². The molecule has 0 saturated heterocycles. The van der Waals surface area contributed by atoms with E-state index in [1.807, 2.05) is 0 Å². The van der Waals surface area contributed by atoms with E-state index < -0.39 is 17.7 Å². The number of benzene rings is 1. The summed E-state index contributed by atoms with van der Waals surface area (Å²) in [6.45, 7) is 0.258. The SMILES string of the molecule is O=C(O)c1nccc2ccn(Cc3ccc(C(F)(F)F)cc3)c12. The number of hydrogen-bond acceptors (Lipinski definition) is 2. The molecular formula is C16H11F3N2O2. The number of alkyl halides is 3. The maximum absolute atomic E-state index is 12.6. The molecule has 2 aromatic heterocycles. The molecule has 23 heavy (non-hydrogen) atoms. The molecule has 0 radical (unpaired) electrons. The highest BCUT2D eigenvalue weighted by Crippen LogP contribution is 2.29. The lowest BCUT2D eigenvalue weighted by Gasteiger charge is -2.10. The Hall–Kier alpha value is -2.83. The number of pyridine rings is 1. The second-order valence-corrected chi connectivity index (χ2v) is 5.04. The van der Waals surface area contributed by atoms with Gasteiger partial charge in [-0.2, -0.15) is 13.2 Å². The van der Waals surface area contributed by atoms with Crippen molar-refractivity contribution in [1.82, 2.24) is 9.55 Å². The van der Waals surface area contributed by atoms with Gasteiger partial charge in [-0.1, -0.05) is 12.1 Å². The van der Waals surface area contributed by atoms with Gasteiger partial charge in [-0.05, 0) is 29.8 Å². The van der Waals surface area contributed by atoms with Gasteiger partial charge in [-0.25, -0.2) is 9.78 Å². The third-order valence-corrected chi connectivity index (χ3v) is 3.51. The molecular weight excluding hydrogens is 309 g/mol. The summed E-state index contributed by atoms with van der Waals surface area (Å²) in [5.74, 6) is -1.15. The van der Waals surface area contributed by atoms with E-state index in [-0.39, 0.29) is 12.2 Å². The number of hydrogen-bond donors (Lipinski definition) is 1. The van der Waals surface area contributed by atoms with Gasteiger partial charge >= 0.3 is 12.1 Å². The number of nitrogens with zero attached hydrogens (tertiary/aromatic N) is 2. The molecule has 118 valence electrons. The zero-order chi connectivity index (χ0) is 16.6. The van der Waals surface area contributed by atoms with Gasteiger partial charge < -0.3 is 9.67 Å². The first-order valence-electron chi connectivity index (χ1n) is 6.69. The number of carboxylic acids is 1. The summed E-state index contributed by atoms with van der Waals surface area (Å²) >= 11 is 0. The summed E-state index contributed by atoms with van der Waals surface area (Å²) in [7, 11) is 0. The van der Waals surface area contributed by atoms with Crippen molar-refractivity contribution >= 4 is 16.9 Å². The van der Waals surface area contributed by atoms with Crippen molar-refractivity contribution in [2.45, 2.75) is 12.7 Å². The van der Waals surface area contributed by atoms with Crippen LogP contribution in [0.15, 0.2) is 48.8 Å². The lowest BCUT2D eigenvalue weighted by Crippen LogP contribution is -2.07. The van der Waals surface area contributed by atoms with Gasteiger partial charge in [0.15, 0.2) is 5.69 Å². The van der Waals surface area contributed by atoms with E-state index in [0.717, 1.165) is 12.1 Å². The lowest BCUT2D eigenvalue weighted by molar-refractivity contribution is -0.137. The fraction of sp³-hybridized carbons (Fsp3) is 0.125. The standard InChI is InChI=1S/C16H11F3N2O2/c17-16(18,19)12-3-1-10(2-4-12)9-21-8-6-11-5-7-20-13(14(11)21)15(22)23/h1-8H,9H2,(H,22,23). The largest absolute Gasteiger partial charge is 0.476 e. The van der Waals surface area contributed by atoms with Crippen molar-refractivity contribution in [3.63, 3.8) is 0 Å². The first kappa shape index (κ1) is 15.1. The maximum atomic E-state index is 12.6. The summed E-state index contributed by atoms with van der Waals surface area (Å²) in [6.07, 6.45) is -1.27. The first-order valence-corrected chi connectivity index (χ1v) is 6.69. The number of halogens is 3. The summed E-state index contributed by atoms with van der Waals surface area (Å²) in [5, 5.41) is 9.93. The van der Waals surface area contributed by atoms with Gasteiger partial charge in [0.2, 0.25) is 0 Å². The molecule has 0 aliphatic rings. The number of aromatic nitrogens is 2. The molecule has 1 N–H and O–H groups in total. The topological polar surface area (TPSA) is 55.1 Å². The Morgan fingerprint density at radius 2 is 1.83 bits per heavy atom. The van der Waals surface area contributed by atoms with Crippen LogP contribution in [-0.2, 0) is 12.7 Å². The molecule has 0 unspecified atom stereocenters. The fourth-order valence-electron chi connectivity index (χ4n) is 2.43. The van der Waals surface area contributed by atoms with Crippen molar-refractivity contribution in [1.29, 1.82) is 0 Å². The van der Waals surface area contributed by atoms with Gasteiger partial charge in [0.1, 0.15) is 0 Å². The highest BCUT2D eigenvalue weighted by atomic mass is 19.4. The van der Waals surface area contributed by atoms with Gasteiger partial charge in [0, 0.05) is 24.3 Å². The highest BCUT2D eigenvalue weighted by Gasteiger charge is 2.29. The van der Waals surface area contributed by atoms with Crippen LogP contribution in [0.4, 0.5) is 13.2 Å². The third-order valence-electron chi connectivity index (χ3n) is 3.51. The Kier molecular flexibility index (Phi) is 3.55. The van der Waals surface area contributed by atoms with Crippen LogP contribution in [0.1, 0.15) is 21.6 Å². The van der Waals surface area contributed by atoms with E-state index in [2.05, 4.69) is 4.98 Å². The molecule has 7 heteroatoms. The number of rotatable bonds is 3. The second kappa shape index (κ2) is 5.42. The summed E-state index contributed by atoms with van der Waals surface area (Å²) in [6, 6.07) is 8.21. The highest BCUT2D eigenvalue weighted by molar-refractivity contribution is 6.00. The maximum Gasteiger partial charge on any atom is 0.416 e. The van der Waals surface area contributed by atoms with E-state index in [1.165, 1.54) is 18.3 Å². The number of carbonyl (C=O) groups is 1. The number of fused-ring (bicyclic) bond motifs is 1. The van der Waals surface area contributed by atoms with Crippen molar-refractivity contribution in [3.8, 4) is 0 Å². The smallest absolute Gasteiger partial charge is 0.416 e. The molecule has 0 fully saturated rings. The molecule has 3 rings (SSSR count). The molecule has 0 aliphatic carbocycles. The summed E-state index contributed by atoms with van der Waals surface area (Å²) in [5.41, 5.74) is 0.279. The average Bonchev–Trinajstić information content (AvgIpc) is 2.90. The predicted molar refractivity (Wildman–Crippen MR) is 77.2 cm³/mol. The first-order chi connectivity index (χ1) is 10.9. The molecule has 0 bridgehead atoms. The molecule has 0 amide bonds. The van der Waals surface area contributed by atoms with E-state index in [9.17, 15) is 23.1 Å². The minimum Gasteiger partial charge on any atom is -0.476 e. The Labute approximate surface area is 128 Å². The summed E-state index contributed by atoms with van der Waals surface area (Å²) < 4.78 is 39.4. The van der Waals surface area contributed by atoms with Crippen LogP contribution in [0.25, 0.3) is 10.9 Å². The number of carboxylic acid groups (broad SMARTS) is 1. The predicted octanol–water partition coefficient (Wildman–Crippen LogP) is 3.80. The van der Waals surface area contributed by atoms with Crippen LogP contribution in [0, 0.1) is 0 Å². The third kappa shape index (κ3) is 2.90. The number of aromatic carboxylic acids is 1. The molecule has 0 atom stereocenters. The van der Waals surface area contributed by atoms with Gasteiger partial charge in [-0.15, -0.1) is 0 Å². The Balaban J connectivity index is 1.97. The molecule has 0 spiro atoms. The monoisotopic (exact) mass is 320 g/mol. The molecule has 1 aromatic carbocycles. The van der Waals surface area contributed by atoms with Crippen molar-refractivity contribution in [2.75, 3.05) is 0 Å². The van der Waals surface area contributed by atoms with Crippen LogP contribution >= 0.6 is 0 Å². The molecule has 4 nitrogen and oxygen atoms in total. The van der Waals surface area contributed by atoms with Crippen LogP contribution in [0.2, 0.25) is 0 Å². The van der Waals surface area contributed by atoms with Gasteiger partial charge in [0.05, 0.1) is 11.1 Å². The van der Waals surface area contributed by atoms with E-state index in [1.54, 1.807) is 22.9 Å². The molecule has 0 aliphatic heterocycles. The van der Waals surface area contributed by atoms with Crippen molar-refractivity contribution in [2.24, 2.45) is 0 Å². The summed E-state index contributed by atoms with van der Waals surface area (Å²) in [4.78, 5) is 15.1. The van der Waals surface area contributed by atoms with Crippen molar-refractivity contribution in [3.05, 3.63) is 65.6 Å². The van der Waals surface area contributed by atoms with Crippen LogP contribution in [-0.4, -0.2) is 20.6 Å². The Morgan fingerprint density at radius 1 is 1.13 bits per heavy atom. The zero-order valence-electron chi connectivity index (χ0n) is 11.7. The molecule has 3 aromatic rings. The fourth-order valence-corrected chi connectivity index (χ4v) is 2.43. The van der Waals surface area contributed by atoms with E-state index in [0.29, 0.717) is 16.5 Å². The minimum absolute atomic E-state index is 0.0839. The Bertz CT molecular complexity index is 867. The van der Waals surface area contributed by atoms with E-state index in [4.69, 9.17) is 0 Å². The molecule has 0 saturated carbocycles. The molecule has 2 heterocycles. The van der Waals surface area contributed by atoms with Crippen LogP contribution < -0.4 is 0 Å². The zero-order valence-corrected chi connectivity index (χ0v) is 11.7. The quantitative estimate of drug-likeness (QED) is 0.798. The lowest BCUT2D eigenvalue weighted by atomic mass is 10.1. The Morgan fingerprint density at radius 3 is 2.43 bits per heavy atom. The van der Waals surface area contributed by atoms with Crippen LogP contribution in [0.3, 0.4) is 0 Å². The average molecular weight is 320 g/mol.